The van der Waals surface area contributed by atoms with Gasteiger partial charge in [-0.1, -0.05) is 90.1 Å². The van der Waals surface area contributed by atoms with Crippen molar-refractivity contribution in [3.8, 4) is 0 Å². The Morgan fingerprint density at radius 1 is 0.793 bits per heavy atom. The average molecular weight is 391 g/mol. The highest BCUT2D eigenvalue weighted by atomic mass is 19.1. The zero-order valence-electron chi connectivity index (χ0n) is 18.3. The Morgan fingerprint density at radius 3 is 1.86 bits per heavy atom. The number of rotatable bonds is 5. The second-order valence-corrected chi connectivity index (χ2v) is 9.13. The van der Waals surface area contributed by atoms with Crippen LogP contribution in [-0.2, 0) is 10.8 Å². The molecule has 0 bridgehead atoms. The summed E-state index contributed by atoms with van der Waals surface area (Å²) in [6, 6.07) is 19.6. The number of nitrogens with two attached hydrogens (primary N) is 1. The van der Waals surface area contributed by atoms with Gasteiger partial charge in [0.05, 0.1) is 5.69 Å². The van der Waals surface area contributed by atoms with E-state index in [1.807, 2.05) is 12.1 Å². The maximum absolute atomic E-state index is 14.4. The second kappa shape index (κ2) is 7.62. The summed E-state index contributed by atoms with van der Waals surface area (Å²) in [6.07, 6.45) is 0. The molecule has 0 radical (unpaired) electrons. The first-order chi connectivity index (χ1) is 13.5. The van der Waals surface area contributed by atoms with Gasteiger partial charge >= 0.3 is 0 Å². The smallest absolute Gasteiger partial charge is 0.127 e. The van der Waals surface area contributed by atoms with Crippen molar-refractivity contribution in [3.05, 3.63) is 94.4 Å². The highest BCUT2D eigenvalue weighted by molar-refractivity contribution is 5.47. The molecule has 0 spiro atoms. The summed E-state index contributed by atoms with van der Waals surface area (Å²) in [5, 5.41) is 0. The lowest BCUT2D eigenvalue weighted by atomic mass is 9.75. The number of nitrogens with zero attached hydrogens (tertiary/aromatic N) is 1. The van der Waals surface area contributed by atoms with Gasteiger partial charge in [0.15, 0.2) is 0 Å². The van der Waals surface area contributed by atoms with Crippen LogP contribution in [0.2, 0.25) is 0 Å². The van der Waals surface area contributed by atoms with E-state index in [1.165, 1.54) is 6.07 Å². The van der Waals surface area contributed by atoms with Crippen LogP contribution in [0.4, 0.5) is 10.2 Å². The van der Waals surface area contributed by atoms with Gasteiger partial charge in [0, 0.05) is 10.8 Å². The van der Waals surface area contributed by atoms with E-state index in [9.17, 15) is 4.39 Å². The Bertz CT molecular complexity index is 1000. The van der Waals surface area contributed by atoms with E-state index >= 15 is 0 Å². The predicted molar refractivity (Wildman–Crippen MR) is 120 cm³/mol. The quantitative estimate of drug-likeness (QED) is 0.534. The fraction of sp³-hybridized carbons (Fsp3) is 0.346. The zero-order chi connectivity index (χ0) is 21.4. The van der Waals surface area contributed by atoms with Crippen molar-refractivity contribution in [2.24, 2.45) is 0 Å². The number of hydrogen-bond donors (Lipinski definition) is 1. The normalized spacial score (nSPS) is 12.4. The number of benzene rings is 2. The maximum Gasteiger partial charge on any atom is 0.127 e. The van der Waals surface area contributed by atoms with E-state index in [-0.39, 0.29) is 11.2 Å². The molecule has 0 saturated heterocycles. The van der Waals surface area contributed by atoms with Crippen molar-refractivity contribution in [1.82, 2.24) is 4.98 Å². The molecule has 3 rings (SSSR count). The molecular formula is C26H31FN2. The number of anilines is 1. The lowest BCUT2D eigenvalue weighted by Crippen LogP contribution is -2.23. The van der Waals surface area contributed by atoms with E-state index in [0.29, 0.717) is 17.3 Å². The molecule has 2 N–H and O–H groups in total. The number of aromatic nitrogens is 1. The molecule has 0 unspecified atom stereocenters. The van der Waals surface area contributed by atoms with Crippen LogP contribution >= 0.6 is 0 Å². The van der Waals surface area contributed by atoms with Crippen LogP contribution in [0.5, 0.6) is 0 Å². The van der Waals surface area contributed by atoms with Gasteiger partial charge in [-0.05, 0) is 40.3 Å². The van der Waals surface area contributed by atoms with Crippen LogP contribution in [-0.4, -0.2) is 4.98 Å². The molecule has 1 aromatic heterocycles. The summed E-state index contributed by atoms with van der Waals surface area (Å²) >= 11 is 0. The average Bonchev–Trinajstić information content (AvgIpc) is 2.68. The Labute approximate surface area is 174 Å². The Balaban J connectivity index is 1.95. The summed E-state index contributed by atoms with van der Waals surface area (Å²) in [7, 11) is 0. The molecule has 0 amide bonds. The van der Waals surface area contributed by atoms with Gasteiger partial charge in [0.2, 0.25) is 0 Å². The first-order valence-corrected chi connectivity index (χ1v) is 10.2. The van der Waals surface area contributed by atoms with Crippen molar-refractivity contribution in [2.45, 2.75) is 58.3 Å². The molecule has 2 aromatic carbocycles. The molecule has 2 nitrogen and oxygen atoms in total. The molecule has 3 aromatic rings. The molecule has 0 atom stereocenters. The Morgan fingerprint density at radius 2 is 1.34 bits per heavy atom. The van der Waals surface area contributed by atoms with Gasteiger partial charge in [-0.2, -0.15) is 0 Å². The van der Waals surface area contributed by atoms with Crippen molar-refractivity contribution in [1.29, 1.82) is 0 Å². The van der Waals surface area contributed by atoms with E-state index in [1.54, 1.807) is 6.07 Å². The molecule has 0 fully saturated rings. The minimum atomic E-state index is -0.421. The summed E-state index contributed by atoms with van der Waals surface area (Å²) in [6.45, 7) is 12.7. The third-order valence-electron chi connectivity index (χ3n) is 6.10. The first kappa shape index (κ1) is 21.0. The van der Waals surface area contributed by atoms with Crippen LogP contribution in [0.15, 0.2) is 60.7 Å². The Kier molecular flexibility index (Phi) is 5.53. The molecule has 0 aliphatic heterocycles. The minimum absolute atomic E-state index is 0.174. The summed E-state index contributed by atoms with van der Waals surface area (Å²) in [4.78, 5) is 4.70. The van der Waals surface area contributed by atoms with Gasteiger partial charge < -0.3 is 5.73 Å². The molecule has 1 heterocycles. The molecule has 3 heteroatoms. The molecule has 29 heavy (non-hydrogen) atoms. The monoisotopic (exact) mass is 390 g/mol. The van der Waals surface area contributed by atoms with Gasteiger partial charge in [0.1, 0.15) is 11.6 Å². The van der Waals surface area contributed by atoms with Gasteiger partial charge in [-0.3, -0.25) is 0 Å². The second-order valence-electron chi connectivity index (χ2n) is 9.13. The molecular weight excluding hydrogens is 359 g/mol. The van der Waals surface area contributed by atoms with Crippen molar-refractivity contribution >= 4 is 5.82 Å². The van der Waals surface area contributed by atoms with Gasteiger partial charge in [-0.15, -0.1) is 0 Å². The summed E-state index contributed by atoms with van der Waals surface area (Å²) < 4.78 is 14.4. The SMILES string of the molecule is CC(C)c1ccc(C(C)(C)c2ccc(C(C)(C)c3ccccc3F)cc2)nc1N. The van der Waals surface area contributed by atoms with Crippen molar-refractivity contribution < 1.29 is 4.39 Å². The highest BCUT2D eigenvalue weighted by Crippen LogP contribution is 2.36. The zero-order valence-corrected chi connectivity index (χ0v) is 18.3. The number of hydrogen-bond acceptors (Lipinski definition) is 2. The molecule has 0 aliphatic rings. The standard InChI is InChI=1S/C26H31FN2/c1-17(2)20-15-16-23(29-24(20)28)26(5,6)19-13-11-18(12-14-19)25(3,4)21-9-7-8-10-22(21)27/h7-17H,1-6H3,(H2,28,29). The topological polar surface area (TPSA) is 38.9 Å². The Hall–Kier alpha value is -2.68. The van der Waals surface area contributed by atoms with Gasteiger partial charge in [-0.25, -0.2) is 9.37 Å². The summed E-state index contributed by atoms with van der Waals surface area (Å²) in [5.41, 5.74) is 10.4. The predicted octanol–water partition coefficient (Wildman–Crippen LogP) is 6.58. The lowest BCUT2D eigenvalue weighted by molar-refractivity contribution is 0.547. The van der Waals surface area contributed by atoms with Crippen LogP contribution in [0.25, 0.3) is 0 Å². The summed E-state index contributed by atoms with van der Waals surface area (Å²) in [5.74, 6) is 0.772. The third kappa shape index (κ3) is 3.91. The largest absolute Gasteiger partial charge is 0.383 e. The molecule has 152 valence electrons. The first-order valence-electron chi connectivity index (χ1n) is 10.2. The van der Waals surface area contributed by atoms with E-state index in [2.05, 4.69) is 77.9 Å². The maximum atomic E-state index is 14.4. The van der Waals surface area contributed by atoms with E-state index in [4.69, 9.17) is 10.7 Å². The highest BCUT2D eigenvalue weighted by Gasteiger charge is 2.29. The molecule has 0 saturated carbocycles. The molecule has 0 aliphatic carbocycles. The van der Waals surface area contributed by atoms with E-state index < -0.39 is 5.41 Å². The lowest BCUT2D eigenvalue weighted by Gasteiger charge is -2.29. The fourth-order valence-corrected chi connectivity index (χ4v) is 3.90. The number of halogens is 1. The van der Waals surface area contributed by atoms with Crippen molar-refractivity contribution in [2.75, 3.05) is 5.73 Å². The van der Waals surface area contributed by atoms with Gasteiger partial charge in [0.25, 0.3) is 0 Å². The van der Waals surface area contributed by atoms with Crippen molar-refractivity contribution in [3.63, 3.8) is 0 Å². The van der Waals surface area contributed by atoms with Crippen LogP contribution in [0.1, 0.15) is 75.4 Å². The minimum Gasteiger partial charge on any atom is -0.383 e. The third-order valence-corrected chi connectivity index (χ3v) is 6.10. The number of pyridine rings is 1. The van der Waals surface area contributed by atoms with E-state index in [0.717, 1.165) is 22.4 Å². The van der Waals surface area contributed by atoms with Crippen LogP contribution in [0.3, 0.4) is 0 Å². The van der Waals surface area contributed by atoms with Crippen LogP contribution in [0, 0.1) is 5.82 Å². The van der Waals surface area contributed by atoms with Crippen LogP contribution < -0.4 is 5.73 Å². The fourth-order valence-electron chi connectivity index (χ4n) is 3.90. The number of nitrogen functional groups attached to an aromatic ring is 1.